The van der Waals surface area contributed by atoms with Crippen LogP contribution in [0.1, 0.15) is 11.3 Å². The van der Waals surface area contributed by atoms with E-state index in [1.165, 1.54) is 18.4 Å². The highest BCUT2D eigenvalue weighted by Crippen LogP contribution is 2.29. The highest BCUT2D eigenvalue weighted by Gasteiger charge is 2.24. The molecule has 0 aliphatic heterocycles. The van der Waals surface area contributed by atoms with E-state index in [-0.39, 0.29) is 23.1 Å². The molecule has 0 spiro atoms. The first-order chi connectivity index (χ1) is 13.4. The predicted octanol–water partition coefficient (Wildman–Crippen LogP) is 2.20. The Morgan fingerprint density at radius 2 is 1.86 bits per heavy atom. The fourth-order valence-electron chi connectivity index (χ4n) is 2.25. The van der Waals surface area contributed by atoms with Gasteiger partial charge in [0.05, 0.1) is 22.6 Å². The third kappa shape index (κ3) is 4.42. The zero-order valence-electron chi connectivity index (χ0n) is 14.6. The van der Waals surface area contributed by atoms with Gasteiger partial charge in [-0.15, -0.1) is 4.83 Å². The Kier molecular flexibility index (Phi) is 5.52. The zero-order valence-corrected chi connectivity index (χ0v) is 15.4. The number of sulfonamides is 1. The number of nitrogens with zero attached hydrogens (tertiary/aromatic N) is 3. The minimum absolute atomic E-state index is 0.00141. The topological polar surface area (TPSA) is 152 Å². The van der Waals surface area contributed by atoms with Gasteiger partial charge in [0.15, 0.2) is 0 Å². The lowest BCUT2D eigenvalue weighted by atomic mass is 10.2. The number of nitro groups is 1. The maximum Gasteiger partial charge on any atom is 0.354 e. The van der Waals surface area contributed by atoms with E-state index in [2.05, 4.69) is 25.5 Å². The van der Waals surface area contributed by atoms with Gasteiger partial charge in [0.1, 0.15) is 12.1 Å². The van der Waals surface area contributed by atoms with E-state index in [1.807, 2.05) is 6.92 Å². The summed E-state index contributed by atoms with van der Waals surface area (Å²) < 4.78 is 29.9. The Hall–Kier alpha value is -3.51. The van der Waals surface area contributed by atoms with Crippen molar-refractivity contribution >= 4 is 27.3 Å². The van der Waals surface area contributed by atoms with E-state index in [9.17, 15) is 18.5 Å². The highest BCUT2D eigenvalue weighted by atomic mass is 32.2. The first kappa shape index (κ1) is 19.3. The molecule has 0 fully saturated rings. The van der Waals surface area contributed by atoms with Crippen molar-refractivity contribution in [3.05, 3.63) is 70.4 Å². The summed E-state index contributed by atoms with van der Waals surface area (Å²) in [6.45, 7) is 1.98. The van der Waals surface area contributed by atoms with Crippen molar-refractivity contribution in [1.82, 2.24) is 14.8 Å². The fraction of sp³-hybridized carbons (Fsp3) is 0.125. The lowest BCUT2D eigenvalue weighted by molar-refractivity contribution is -0.383. The van der Waals surface area contributed by atoms with Crippen LogP contribution in [0, 0.1) is 17.0 Å². The molecule has 2 heterocycles. The Labute approximate surface area is 160 Å². The number of rotatable bonds is 8. The van der Waals surface area contributed by atoms with Gasteiger partial charge in [0, 0.05) is 0 Å². The van der Waals surface area contributed by atoms with Gasteiger partial charge in [-0.25, -0.2) is 18.4 Å². The molecule has 0 radical (unpaired) electrons. The second-order valence-corrected chi connectivity index (χ2v) is 7.34. The van der Waals surface area contributed by atoms with Crippen molar-refractivity contribution in [3.63, 3.8) is 0 Å². The number of nitrogens with one attached hydrogen (secondary N) is 3. The van der Waals surface area contributed by atoms with Crippen molar-refractivity contribution in [2.45, 2.75) is 18.4 Å². The number of furan rings is 1. The smallest absolute Gasteiger partial charge is 0.354 e. The monoisotopic (exact) mass is 404 g/mol. The molecule has 3 N–H and O–H groups in total. The van der Waals surface area contributed by atoms with Crippen molar-refractivity contribution < 1.29 is 17.8 Å². The van der Waals surface area contributed by atoms with Crippen LogP contribution in [-0.4, -0.2) is 23.3 Å². The Morgan fingerprint density at radius 1 is 1.14 bits per heavy atom. The summed E-state index contributed by atoms with van der Waals surface area (Å²) in [7, 11) is -3.96. The van der Waals surface area contributed by atoms with Gasteiger partial charge in [-0.1, -0.05) is 17.7 Å². The van der Waals surface area contributed by atoms with Gasteiger partial charge in [-0.2, -0.15) is 0 Å². The van der Waals surface area contributed by atoms with Gasteiger partial charge < -0.3 is 9.73 Å². The summed E-state index contributed by atoms with van der Waals surface area (Å²) in [6, 6.07) is 9.48. The van der Waals surface area contributed by atoms with Crippen LogP contribution < -0.4 is 15.6 Å². The van der Waals surface area contributed by atoms with Crippen LogP contribution in [0.4, 0.5) is 17.3 Å². The summed E-state index contributed by atoms with van der Waals surface area (Å²) in [6.07, 6.45) is 2.54. The third-order valence-electron chi connectivity index (χ3n) is 3.65. The van der Waals surface area contributed by atoms with Crippen LogP contribution in [0.15, 0.2) is 58.3 Å². The van der Waals surface area contributed by atoms with E-state index in [4.69, 9.17) is 4.42 Å². The number of aryl methyl sites for hydroxylation is 1. The van der Waals surface area contributed by atoms with Crippen molar-refractivity contribution in [2.75, 3.05) is 10.7 Å². The van der Waals surface area contributed by atoms with E-state index in [1.54, 1.807) is 24.3 Å². The highest BCUT2D eigenvalue weighted by molar-refractivity contribution is 7.89. The minimum atomic E-state index is -3.96. The molecule has 2 aromatic heterocycles. The molecule has 0 saturated carbocycles. The fourth-order valence-corrected chi connectivity index (χ4v) is 3.09. The van der Waals surface area contributed by atoms with Gasteiger partial charge in [-0.05, 0) is 31.2 Å². The Balaban J connectivity index is 1.80. The molecule has 28 heavy (non-hydrogen) atoms. The average molecular weight is 404 g/mol. The molecule has 0 amide bonds. The molecule has 11 nitrogen and oxygen atoms in total. The number of hydrogen-bond acceptors (Lipinski definition) is 9. The van der Waals surface area contributed by atoms with Gasteiger partial charge in [-0.3, -0.25) is 15.5 Å². The van der Waals surface area contributed by atoms with Crippen LogP contribution in [0.25, 0.3) is 0 Å². The van der Waals surface area contributed by atoms with Gasteiger partial charge >= 0.3 is 5.69 Å². The average Bonchev–Trinajstić information content (AvgIpc) is 3.18. The maximum absolute atomic E-state index is 12.3. The number of aromatic nitrogens is 2. The van der Waals surface area contributed by atoms with Crippen molar-refractivity contribution in [2.24, 2.45) is 0 Å². The quantitative estimate of drug-likeness (QED) is 0.379. The van der Waals surface area contributed by atoms with E-state index in [0.717, 1.165) is 11.9 Å². The van der Waals surface area contributed by atoms with E-state index < -0.39 is 20.6 Å². The molecule has 0 atom stereocenters. The first-order valence-corrected chi connectivity index (χ1v) is 9.45. The van der Waals surface area contributed by atoms with Crippen LogP contribution >= 0.6 is 0 Å². The Morgan fingerprint density at radius 3 is 2.50 bits per heavy atom. The normalized spacial score (nSPS) is 11.2. The molecule has 0 bridgehead atoms. The van der Waals surface area contributed by atoms with Crippen LogP contribution in [0.2, 0.25) is 0 Å². The minimum Gasteiger partial charge on any atom is -0.467 e. The molecule has 3 rings (SSSR count). The number of hydrazine groups is 1. The standard InChI is InChI=1S/C16H16N6O5S/c1-11-4-6-13(7-5-11)28(25,26)21-20-16-14(22(23)24)15(18-10-19-16)17-9-12-3-2-8-27-12/h2-8,10,21H,9H2,1H3,(H2,17,18,19,20). The van der Waals surface area contributed by atoms with Crippen molar-refractivity contribution in [1.29, 1.82) is 0 Å². The number of hydrogen-bond donors (Lipinski definition) is 3. The maximum atomic E-state index is 12.3. The van der Waals surface area contributed by atoms with Gasteiger partial charge in [0.2, 0.25) is 11.6 Å². The van der Waals surface area contributed by atoms with Crippen LogP contribution in [-0.2, 0) is 16.6 Å². The van der Waals surface area contributed by atoms with Crippen LogP contribution in [0.5, 0.6) is 0 Å². The van der Waals surface area contributed by atoms with Gasteiger partial charge in [0.25, 0.3) is 10.0 Å². The molecule has 12 heteroatoms. The molecule has 146 valence electrons. The largest absolute Gasteiger partial charge is 0.467 e. The second kappa shape index (κ2) is 8.02. The predicted molar refractivity (Wildman–Crippen MR) is 99.8 cm³/mol. The zero-order chi connectivity index (χ0) is 20.1. The lowest BCUT2D eigenvalue weighted by Gasteiger charge is -2.11. The summed E-state index contributed by atoms with van der Waals surface area (Å²) in [5.74, 6) is 0.147. The van der Waals surface area contributed by atoms with Crippen molar-refractivity contribution in [3.8, 4) is 0 Å². The number of anilines is 2. The molecule has 3 aromatic rings. The third-order valence-corrected chi connectivity index (χ3v) is 4.91. The summed E-state index contributed by atoms with van der Waals surface area (Å²) in [5.41, 5.74) is 2.67. The molecule has 1 aromatic carbocycles. The van der Waals surface area contributed by atoms with Crippen LogP contribution in [0.3, 0.4) is 0 Å². The molecular weight excluding hydrogens is 388 g/mol. The molecule has 0 saturated heterocycles. The van der Waals surface area contributed by atoms with E-state index >= 15 is 0 Å². The second-order valence-electron chi connectivity index (χ2n) is 5.65. The number of benzene rings is 1. The Bertz CT molecular complexity index is 1070. The summed E-state index contributed by atoms with van der Waals surface area (Å²) in [4.78, 5) is 20.5. The SMILES string of the molecule is Cc1ccc(S(=O)(=O)NNc2ncnc(NCc3ccco3)c2[N+](=O)[O-])cc1. The summed E-state index contributed by atoms with van der Waals surface area (Å²) >= 11 is 0. The molecule has 0 unspecified atom stereocenters. The first-order valence-electron chi connectivity index (χ1n) is 7.97. The molecular formula is C16H16N6O5S. The summed E-state index contributed by atoms with van der Waals surface area (Å²) in [5, 5.41) is 14.2. The molecule has 0 aliphatic rings. The lowest BCUT2D eigenvalue weighted by Crippen LogP contribution is -2.30. The molecule has 0 aliphatic carbocycles. The van der Waals surface area contributed by atoms with E-state index in [0.29, 0.717) is 5.76 Å².